The van der Waals surface area contributed by atoms with E-state index in [1.807, 2.05) is 0 Å². The molecule has 3 nitrogen and oxygen atoms in total. The molecule has 0 radical (unpaired) electrons. The summed E-state index contributed by atoms with van der Waals surface area (Å²) < 4.78 is 0. The maximum atomic E-state index is 5.17. The first kappa shape index (κ1) is 14.4. The molecule has 0 aliphatic heterocycles. The van der Waals surface area contributed by atoms with Crippen LogP contribution in [0.3, 0.4) is 0 Å². The first-order valence-corrected chi connectivity index (χ1v) is 5.57. The van der Waals surface area contributed by atoms with Crippen LogP contribution in [-0.2, 0) is 0 Å². The maximum Gasteiger partial charge on any atom is 0.0574 e. The van der Waals surface area contributed by atoms with Gasteiger partial charge in [-0.1, -0.05) is 5.92 Å². The third kappa shape index (κ3) is 8.44. The molecule has 0 heterocycles. The maximum absolute atomic E-state index is 5.17. The van der Waals surface area contributed by atoms with Gasteiger partial charge in [-0.25, -0.2) is 0 Å². The summed E-state index contributed by atoms with van der Waals surface area (Å²) in [6.45, 7) is 6.13. The molecule has 0 bridgehead atoms. The summed E-state index contributed by atoms with van der Waals surface area (Å²) in [5.74, 6) is 2.58. The van der Waals surface area contributed by atoms with Gasteiger partial charge in [0, 0.05) is 12.6 Å². The fourth-order valence-electron chi connectivity index (χ4n) is 1.37. The molecule has 0 amide bonds. The lowest BCUT2D eigenvalue weighted by molar-refractivity contribution is 0.238. The zero-order valence-electron chi connectivity index (χ0n) is 10.6. The quantitative estimate of drug-likeness (QED) is 0.465. The summed E-state index contributed by atoms with van der Waals surface area (Å²) in [4.78, 5) is 4.59. The number of hydrogen-bond acceptors (Lipinski definition) is 3. The lowest BCUT2D eigenvalue weighted by Gasteiger charge is -2.25. The third-order valence-electron chi connectivity index (χ3n) is 2.54. The highest BCUT2D eigenvalue weighted by Gasteiger charge is 2.07. The number of hydrogen-bond donors (Lipinski definition) is 1. The first-order valence-electron chi connectivity index (χ1n) is 5.57. The van der Waals surface area contributed by atoms with Gasteiger partial charge in [0.15, 0.2) is 0 Å². The SMILES string of the molecule is C#CCNCC(C)N(C)CCCN(C)C. The van der Waals surface area contributed by atoms with E-state index in [1.54, 1.807) is 0 Å². The van der Waals surface area contributed by atoms with Crippen molar-refractivity contribution in [3.63, 3.8) is 0 Å². The Bertz CT molecular complexity index is 184. The minimum atomic E-state index is 0.542. The molecule has 15 heavy (non-hydrogen) atoms. The van der Waals surface area contributed by atoms with Crippen LogP contribution in [0, 0.1) is 12.3 Å². The van der Waals surface area contributed by atoms with Crippen molar-refractivity contribution >= 4 is 0 Å². The van der Waals surface area contributed by atoms with Crippen LogP contribution in [0.2, 0.25) is 0 Å². The molecule has 0 aromatic rings. The van der Waals surface area contributed by atoms with Crippen LogP contribution in [-0.4, -0.2) is 63.2 Å². The van der Waals surface area contributed by atoms with Gasteiger partial charge in [0.25, 0.3) is 0 Å². The first-order chi connectivity index (χ1) is 7.07. The number of rotatable bonds is 8. The van der Waals surface area contributed by atoms with E-state index in [1.165, 1.54) is 6.42 Å². The highest BCUT2D eigenvalue weighted by atomic mass is 15.1. The van der Waals surface area contributed by atoms with Gasteiger partial charge in [-0.3, -0.25) is 0 Å². The van der Waals surface area contributed by atoms with E-state index >= 15 is 0 Å². The van der Waals surface area contributed by atoms with Crippen molar-refractivity contribution in [3.05, 3.63) is 0 Å². The predicted octanol–water partition coefficient (Wildman–Crippen LogP) is 0.481. The summed E-state index contributed by atoms with van der Waals surface area (Å²) in [5.41, 5.74) is 0. The Morgan fingerprint density at radius 2 is 1.93 bits per heavy atom. The molecule has 0 aromatic carbocycles. The van der Waals surface area contributed by atoms with Gasteiger partial charge in [0.1, 0.15) is 0 Å². The van der Waals surface area contributed by atoms with Crippen molar-refractivity contribution in [1.29, 1.82) is 0 Å². The van der Waals surface area contributed by atoms with Crippen molar-refractivity contribution < 1.29 is 0 Å². The van der Waals surface area contributed by atoms with Gasteiger partial charge in [0.2, 0.25) is 0 Å². The fraction of sp³-hybridized carbons (Fsp3) is 0.833. The molecule has 1 unspecified atom stereocenters. The van der Waals surface area contributed by atoms with Gasteiger partial charge >= 0.3 is 0 Å². The standard InChI is InChI=1S/C12H25N3/c1-6-8-13-11-12(2)15(5)10-7-9-14(3)4/h1,12-13H,7-11H2,2-5H3. The minimum Gasteiger partial charge on any atom is -0.309 e. The molecule has 0 spiro atoms. The van der Waals surface area contributed by atoms with Crippen molar-refractivity contribution in [2.24, 2.45) is 0 Å². The van der Waals surface area contributed by atoms with Gasteiger partial charge in [0.05, 0.1) is 6.54 Å². The Balaban J connectivity index is 3.51. The van der Waals surface area contributed by atoms with E-state index < -0.39 is 0 Å². The van der Waals surface area contributed by atoms with Crippen LogP contribution in [0.1, 0.15) is 13.3 Å². The van der Waals surface area contributed by atoms with E-state index in [0.29, 0.717) is 12.6 Å². The summed E-state index contributed by atoms with van der Waals surface area (Å²) in [6, 6.07) is 0.542. The molecule has 0 rings (SSSR count). The van der Waals surface area contributed by atoms with Crippen LogP contribution in [0.4, 0.5) is 0 Å². The topological polar surface area (TPSA) is 18.5 Å². The van der Waals surface area contributed by atoms with E-state index in [-0.39, 0.29) is 0 Å². The molecular formula is C12H25N3. The van der Waals surface area contributed by atoms with Crippen molar-refractivity contribution in [2.75, 3.05) is 47.3 Å². The smallest absolute Gasteiger partial charge is 0.0574 e. The van der Waals surface area contributed by atoms with Crippen LogP contribution >= 0.6 is 0 Å². The van der Waals surface area contributed by atoms with E-state index in [9.17, 15) is 0 Å². The van der Waals surface area contributed by atoms with Gasteiger partial charge < -0.3 is 15.1 Å². The molecular weight excluding hydrogens is 186 g/mol. The Morgan fingerprint density at radius 1 is 1.27 bits per heavy atom. The Kier molecular flexibility index (Phi) is 8.40. The summed E-state index contributed by atoms with van der Waals surface area (Å²) in [7, 11) is 6.38. The molecule has 0 aliphatic carbocycles. The van der Waals surface area contributed by atoms with E-state index in [0.717, 1.165) is 19.6 Å². The number of nitrogens with one attached hydrogen (secondary N) is 1. The molecule has 1 atom stereocenters. The average molecular weight is 211 g/mol. The number of terminal acetylenes is 1. The zero-order valence-corrected chi connectivity index (χ0v) is 10.6. The van der Waals surface area contributed by atoms with Gasteiger partial charge in [-0.05, 0) is 47.6 Å². The van der Waals surface area contributed by atoms with Gasteiger partial charge in [-0.2, -0.15) is 0 Å². The molecule has 0 fully saturated rings. The molecule has 88 valence electrons. The molecule has 3 heteroatoms. The Morgan fingerprint density at radius 3 is 2.47 bits per heavy atom. The van der Waals surface area contributed by atoms with Crippen LogP contribution < -0.4 is 5.32 Å². The highest BCUT2D eigenvalue weighted by molar-refractivity contribution is 4.87. The normalized spacial score (nSPS) is 13.1. The lowest BCUT2D eigenvalue weighted by atomic mass is 10.2. The number of likely N-dealkylation sites (N-methyl/N-ethyl adjacent to an activating group) is 1. The zero-order chi connectivity index (χ0) is 11.7. The van der Waals surface area contributed by atoms with E-state index in [2.05, 4.69) is 49.1 Å². The molecule has 1 N–H and O–H groups in total. The minimum absolute atomic E-state index is 0.542. The summed E-state index contributed by atoms with van der Waals surface area (Å²) in [6.07, 6.45) is 6.38. The number of nitrogens with zero attached hydrogens (tertiary/aromatic N) is 2. The molecule has 0 aliphatic rings. The molecule has 0 saturated heterocycles. The lowest BCUT2D eigenvalue weighted by Crippen LogP contribution is -2.39. The Hall–Kier alpha value is -0.560. The van der Waals surface area contributed by atoms with Crippen LogP contribution in [0.25, 0.3) is 0 Å². The van der Waals surface area contributed by atoms with Crippen LogP contribution in [0.15, 0.2) is 0 Å². The third-order valence-corrected chi connectivity index (χ3v) is 2.54. The highest BCUT2D eigenvalue weighted by Crippen LogP contribution is 1.96. The van der Waals surface area contributed by atoms with Gasteiger partial charge in [-0.15, -0.1) is 6.42 Å². The second kappa shape index (κ2) is 8.72. The Labute approximate surface area is 94.8 Å². The second-order valence-corrected chi connectivity index (χ2v) is 4.32. The summed E-state index contributed by atoms with van der Waals surface area (Å²) >= 11 is 0. The molecule has 0 saturated carbocycles. The van der Waals surface area contributed by atoms with E-state index in [4.69, 9.17) is 6.42 Å². The molecule has 0 aromatic heterocycles. The largest absolute Gasteiger partial charge is 0.309 e. The summed E-state index contributed by atoms with van der Waals surface area (Å²) in [5, 5.41) is 3.23. The monoisotopic (exact) mass is 211 g/mol. The fourth-order valence-corrected chi connectivity index (χ4v) is 1.37. The van der Waals surface area contributed by atoms with Crippen molar-refractivity contribution in [1.82, 2.24) is 15.1 Å². The second-order valence-electron chi connectivity index (χ2n) is 4.32. The van der Waals surface area contributed by atoms with Crippen molar-refractivity contribution in [2.45, 2.75) is 19.4 Å². The predicted molar refractivity (Wildman–Crippen MR) is 67.0 cm³/mol. The average Bonchev–Trinajstić information content (AvgIpc) is 2.17. The van der Waals surface area contributed by atoms with Crippen LogP contribution in [0.5, 0.6) is 0 Å². The van der Waals surface area contributed by atoms with Crippen molar-refractivity contribution in [3.8, 4) is 12.3 Å².